The second kappa shape index (κ2) is 5.69. The molecule has 26 heavy (non-hydrogen) atoms. The molecule has 4 aliphatic rings. The van der Waals surface area contributed by atoms with Gasteiger partial charge in [0.2, 0.25) is 0 Å². The molecule has 138 valence electrons. The van der Waals surface area contributed by atoms with Gasteiger partial charge in [-0.25, -0.2) is 14.5 Å². The molecule has 0 spiro atoms. The minimum atomic E-state index is -0.0932. The van der Waals surface area contributed by atoms with Gasteiger partial charge in [0.15, 0.2) is 5.65 Å². The molecule has 6 heteroatoms. The van der Waals surface area contributed by atoms with Crippen molar-refractivity contribution in [2.75, 3.05) is 5.32 Å². The minimum Gasteiger partial charge on any atom is -0.332 e. The number of hydrogen-bond acceptors (Lipinski definition) is 3. The largest absolute Gasteiger partial charge is 0.332 e. The van der Waals surface area contributed by atoms with Crippen molar-refractivity contribution in [2.24, 2.45) is 17.8 Å². The van der Waals surface area contributed by atoms with Crippen LogP contribution in [0.2, 0.25) is 0 Å². The summed E-state index contributed by atoms with van der Waals surface area (Å²) in [6.07, 6.45) is 11.1. The van der Waals surface area contributed by atoms with Crippen LogP contribution in [0, 0.1) is 17.8 Å². The quantitative estimate of drug-likeness (QED) is 0.872. The molecule has 4 fully saturated rings. The highest BCUT2D eigenvalue weighted by atomic mass is 16.2. The molecule has 2 aromatic rings. The number of hydrogen-bond donors (Lipinski definition) is 2. The summed E-state index contributed by atoms with van der Waals surface area (Å²) >= 11 is 0. The van der Waals surface area contributed by atoms with Gasteiger partial charge >= 0.3 is 6.03 Å². The number of carbonyl (C=O) groups is 1. The third-order valence-electron chi connectivity index (χ3n) is 6.60. The molecular formula is C20H27N5O. The van der Waals surface area contributed by atoms with E-state index in [2.05, 4.69) is 34.6 Å². The number of pyridine rings is 1. The summed E-state index contributed by atoms with van der Waals surface area (Å²) in [5, 5.41) is 11.7. The lowest BCUT2D eigenvalue weighted by atomic mass is 9.53. The number of aromatic nitrogens is 3. The first-order chi connectivity index (χ1) is 12.5. The lowest BCUT2D eigenvalue weighted by Crippen LogP contribution is -2.60. The van der Waals surface area contributed by atoms with E-state index in [-0.39, 0.29) is 17.6 Å². The van der Waals surface area contributed by atoms with Crippen LogP contribution in [0.4, 0.5) is 10.5 Å². The van der Waals surface area contributed by atoms with Crippen LogP contribution in [-0.2, 0) is 0 Å². The topological polar surface area (TPSA) is 71.8 Å². The standard InChI is InChI=1S/C20H27N5O/c1-12(2)25-18-16(10-22-25)6-17(11-21-18)23-19(26)24-20-7-13-3-14(8-20)5-15(4-13)9-20/h6,10-15H,3-5,7-9H2,1-2H3,(H2,23,24,26). The summed E-state index contributed by atoms with van der Waals surface area (Å²) in [5.41, 5.74) is 1.61. The lowest BCUT2D eigenvalue weighted by molar-refractivity contribution is -0.0127. The summed E-state index contributed by atoms with van der Waals surface area (Å²) in [6, 6.07) is 2.12. The third-order valence-corrected chi connectivity index (χ3v) is 6.60. The SMILES string of the molecule is CC(C)n1ncc2cc(NC(=O)NC34CC5CC(CC(C5)C3)C4)cnc21. The van der Waals surface area contributed by atoms with Gasteiger partial charge in [0.1, 0.15) is 0 Å². The molecule has 6 nitrogen and oxygen atoms in total. The monoisotopic (exact) mass is 353 g/mol. The molecule has 4 saturated carbocycles. The molecule has 0 aromatic carbocycles. The molecule has 6 rings (SSSR count). The highest BCUT2D eigenvalue weighted by molar-refractivity contribution is 5.91. The van der Waals surface area contributed by atoms with E-state index in [0.717, 1.165) is 53.7 Å². The van der Waals surface area contributed by atoms with E-state index in [1.165, 1.54) is 19.3 Å². The predicted molar refractivity (Wildman–Crippen MR) is 101 cm³/mol. The molecule has 4 aliphatic carbocycles. The van der Waals surface area contributed by atoms with E-state index in [4.69, 9.17) is 0 Å². The molecule has 4 bridgehead atoms. The summed E-state index contributed by atoms with van der Waals surface area (Å²) in [4.78, 5) is 17.2. The maximum Gasteiger partial charge on any atom is 0.319 e. The second-order valence-electron chi connectivity index (χ2n) is 9.10. The minimum absolute atomic E-state index is 0.0267. The molecule has 2 aromatic heterocycles. The first kappa shape index (κ1) is 16.1. The summed E-state index contributed by atoms with van der Waals surface area (Å²) in [7, 11) is 0. The fourth-order valence-corrected chi connectivity index (χ4v) is 6.05. The Morgan fingerprint density at radius 3 is 2.42 bits per heavy atom. The van der Waals surface area contributed by atoms with Gasteiger partial charge in [-0.2, -0.15) is 5.10 Å². The van der Waals surface area contributed by atoms with Gasteiger partial charge in [0, 0.05) is 17.0 Å². The molecule has 2 heterocycles. The van der Waals surface area contributed by atoms with Crippen molar-refractivity contribution >= 4 is 22.8 Å². The van der Waals surface area contributed by atoms with Crippen LogP contribution in [0.5, 0.6) is 0 Å². The molecule has 0 atom stereocenters. The van der Waals surface area contributed by atoms with Crippen LogP contribution in [0.15, 0.2) is 18.5 Å². The average Bonchev–Trinajstić information content (AvgIpc) is 2.96. The van der Waals surface area contributed by atoms with E-state index in [9.17, 15) is 4.79 Å². The van der Waals surface area contributed by atoms with Gasteiger partial charge in [-0.05, 0) is 76.2 Å². The van der Waals surface area contributed by atoms with Crippen molar-refractivity contribution in [1.29, 1.82) is 0 Å². The number of nitrogens with zero attached hydrogens (tertiary/aromatic N) is 3. The van der Waals surface area contributed by atoms with Crippen molar-refractivity contribution in [1.82, 2.24) is 20.1 Å². The number of rotatable bonds is 3. The number of anilines is 1. The number of urea groups is 1. The van der Waals surface area contributed by atoms with Crippen molar-refractivity contribution in [3.8, 4) is 0 Å². The Labute approximate surface area is 153 Å². The van der Waals surface area contributed by atoms with E-state index >= 15 is 0 Å². The van der Waals surface area contributed by atoms with E-state index < -0.39 is 0 Å². The van der Waals surface area contributed by atoms with E-state index in [1.54, 1.807) is 6.20 Å². The van der Waals surface area contributed by atoms with Gasteiger partial charge in [0.25, 0.3) is 0 Å². The lowest BCUT2D eigenvalue weighted by Gasteiger charge is -2.56. The third kappa shape index (κ3) is 2.66. The van der Waals surface area contributed by atoms with E-state index in [0.29, 0.717) is 0 Å². The van der Waals surface area contributed by atoms with Crippen LogP contribution in [-0.4, -0.2) is 26.3 Å². The molecular weight excluding hydrogens is 326 g/mol. The Balaban J connectivity index is 1.31. The van der Waals surface area contributed by atoms with Crippen molar-refractivity contribution < 1.29 is 4.79 Å². The van der Waals surface area contributed by atoms with Crippen molar-refractivity contribution in [3.63, 3.8) is 0 Å². The van der Waals surface area contributed by atoms with Crippen LogP contribution < -0.4 is 10.6 Å². The summed E-state index contributed by atoms with van der Waals surface area (Å²) < 4.78 is 1.90. The van der Waals surface area contributed by atoms with Gasteiger partial charge in [-0.15, -0.1) is 0 Å². The summed E-state index contributed by atoms with van der Waals surface area (Å²) in [6.45, 7) is 4.17. The average molecular weight is 353 g/mol. The Bertz CT molecular complexity index is 820. The summed E-state index contributed by atoms with van der Waals surface area (Å²) in [5.74, 6) is 2.46. The zero-order valence-corrected chi connectivity index (χ0v) is 15.5. The maximum absolute atomic E-state index is 12.7. The molecule has 0 radical (unpaired) electrons. The van der Waals surface area contributed by atoms with Gasteiger partial charge in [-0.3, -0.25) is 0 Å². The fourth-order valence-electron chi connectivity index (χ4n) is 6.05. The first-order valence-electron chi connectivity index (χ1n) is 9.92. The molecule has 0 unspecified atom stereocenters. The van der Waals surface area contributed by atoms with Crippen LogP contribution in [0.3, 0.4) is 0 Å². The first-order valence-corrected chi connectivity index (χ1v) is 9.92. The van der Waals surface area contributed by atoms with E-state index in [1.807, 2.05) is 16.9 Å². The number of carbonyl (C=O) groups excluding carboxylic acids is 1. The Kier molecular flexibility index (Phi) is 3.52. The predicted octanol–water partition coefficient (Wildman–Crippen LogP) is 4.10. The number of fused-ring (bicyclic) bond motifs is 1. The Morgan fingerprint density at radius 2 is 1.81 bits per heavy atom. The Hall–Kier alpha value is -2.11. The van der Waals surface area contributed by atoms with Crippen molar-refractivity contribution in [2.45, 2.75) is 64.0 Å². The van der Waals surface area contributed by atoms with Gasteiger partial charge < -0.3 is 10.6 Å². The Morgan fingerprint density at radius 1 is 1.15 bits per heavy atom. The normalized spacial score (nSPS) is 32.3. The highest BCUT2D eigenvalue weighted by Crippen LogP contribution is 2.55. The highest BCUT2D eigenvalue weighted by Gasteiger charge is 2.51. The smallest absolute Gasteiger partial charge is 0.319 e. The molecule has 0 aliphatic heterocycles. The zero-order chi connectivity index (χ0) is 17.9. The zero-order valence-electron chi connectivity index (χ0n) is 15.5. The molecule has 2 amide bonds. The maximum atomic E-state index is 12.7. The molecule has 0 saturated heterocycles. The van der Waals surface area contributed by atoms with Crippen molar-refractivity contribution in [3.05, 3.63) is 18.5 Å². The van der Waals surface area contributed by atoms with Crippen LogP contribution >= 0.6 is 0 Å². The second-order valence-corrected chi connectivity index (χ2v) is 9.10. The molecule has 2 N–H and O–H groups in total. The number of amides is 2. The van der Waals surface area contributed by atoms with Crippen LogP contribution in [0.1, 0.15) is 58.4 Å². The fraction of sp³-hybridized carbons (Fsp3) is 0.650. The number of nitrogens with one attached hydrogen (secondary N) is 2. The van der Waals surface area contributed by atoms with Gasteiger partial charge in [0.05, 0.1) is 18.1 Å². The van der Waals surface area contributed by atoms with Crippen LogP contribution in [0.25, 0.3) is 11.0 Å². The van der Waals surface area contributed by atoms with Gasteiger partial charge in [-0.1, -0.05) is 0 Å².